The van der Waals surface area contributed by atoms with Gasteiger partial charge in [0.05, 0.1) is 29.8 Å². The van der Waals surface area contributed by atoms with E-state index in [0.29, 0.717) is 12.3 Å². The molecule has 1 aromatic rings. The van der Waals surface area contributed by atoms with Crippen LogP contribution >= 0.6 is 0 Å². The molecule has 1 saturated heterocycles. The molecule has 1 fully saturated rings. The van der Waals surface area contributed by atoms with Gasteiger partial charge in [0.25, 0.3) is 0 Å². The standard InChI is InChI=1S/C14H18N2O4/c1-2-12-11(4-6-20-12)13(17)16-8-10-7-9(14(18)19)3-5-15-10/h3,5,7,11-12H,2,4,6,8H2,1H3,(H,16,17)(H,18,19). The Morgan fingerprint density at radius 1 is 1.55 bits per heavy atom. The fourth-order valence-corrected chi connectivity index (χ4v) is 2.37. The van der Waals surface area contributed by atoms with Gasteiger partial charge in [0, 0.05) is 12.8 Å². The third-order valence-electron chi connectivity index (χ3n) is 3.46. The van der Waals surface area contributed by atoms with Crippen LogP contribution in [0.5, 0.6) is 0 Å². The second kappa shape index (κ2) is 6.47. The molecular weight excluding hydrogens is 260 g/mol. The first-order valence-electron chi connectivity index (χ1n) is 6.69. The molecule has 0 radical (unpaired) electrons. The van der Waals surface area contributed by atoms with Crippen LogP contribution in [0.1, 0.15) is 35.8 Å². The maximum Gasteiger partial charge on any atom is 0.335 e. The van der Waals surface area contributed by atoms with E-state index < -0.39 is 5.97 Å². The fraction of sp³-hybridized carbons (Fsp3) is 0.500. The van der Waals surface area contributed by atoms with Gasteiger partial charge in [0.2, 0.25) is 5.91 Å². The summed E-state index contributed by atoms with van der Waals surface area (Å²) in [6, 6.07) is 2.89. The number of carboxylic acids is 1. The van der Waals surface area contributed by atoms with Crippen molar-refractivity contribution in [3.05, 3.63) is 29.6 Å². The summed E-state index contributed by atoms with van der Waals surface area (Å²) in [6.07, 6.45) is 2.95. The number of aromatic carboxylic acids is 1. The van der Waals surface area contributed by atoms with E-state index in [-0.39, 0.29) is 30.0 Å². The normalized spacial score (nSPS) is 21.6. The predicted octanol–water partition coefficient (Wildman–Crippen LogP) is 1.21. The zero-order valence-corrected chi connectivity index (χ0v) is 11.3. The monoisotopic (exact) mass is 278 g/mol. The van der Waals surface area contributed by atoms with Crippen LogP contribution in [0.25, 0.3) is 0 Å². The van der Waals surface area contributed by atoms with Crippen molar-refractivity contribution in [1.82, 2.24) is 10.3 Å². The van der Waals surface area contributed by atoms with Crippen molar-refractivity contribution >= 4 is 11.9 Å². The average molecular weight is 278 g/mol. The first kappa shape index (κ1) is 14.5. The number of nitrogens with zero attached hydrogens (tertiary/aromatic N) is 1. The van der Waals surface area contributed by atoms with Gasteiger partial charge in [-0.1, -0.05) is 6.92 Å². The first-order chi connectivity index (χ1) is 9.61. The van der Waals surface area contributed by atoms with Gasteiger partial charge in [-0.15, -0.1) is 0 Å². The number of nitrogens with one attached hydrogen (secondary N) is 1. The van der Waals surface area contributed by atoms with E-state index in [9.17, 15) is 9.59 Å². The van der Waals surface area contributed by atoms with Crippen molar-refractivity contribution in [3.63, 3.8) is 0 Å². The van der Waals surface area contributed by atoms with E-state index >= 15 is 0 Å². The van der Waals surface area contributed by atoms with E-state index in [1.165, 1.54) is 18.3 Å². The van der Waals surface area contributed by atoms with Crippen molar-refractivity contribution in [2.24, 2.45) is 5.92 Å². The van der Waals surface area contributed by atoms with Crippen LogP contribution in [0.4, 0.5) is 0 Å². The average Bonchev–Trinajstić information content (AvgIpc) is 2.93. The van der Waals surface area contributed by atoms with Gasteiger partial charge in [0.1, 0.15) is 0 Å². The lowest BCUT2D eigenvalue weighted by atomic mass is 9.99. The lowest BCUT2D eigenvalue weighted by Gasteiger charge is -2.16. The predicted molar refractivity (Wildman–Crippen MR) is 71.2 cm³/mol. The van der Waals surface area contributed by atoms with Gasteiger partial charge >= 0.3 is 5.97 Å². The van der Waals surface area contributed by atoms with Crippen LogP contribution in [0.2, 0.25) is 0 Å². The Labute approximate surface area is 117 Å². The highest BCUT2D eigenvalue weighted by Crippen LogP contribution is 2.23. The smallest absolute Gasteiger partial charge is 0.335 e. The molecule has 2 N–H and O–H groups in total. The third kappa shape index (κ3) is 3.33. The number of hydrogen-bond donors (Lipinski definition) is 2. The number of pyridine rings is 1. The van der Waals surface area contributed by atoms with Gasteiger partial charge in [-0.25, -0.2) is 4.79 Å². The lowest BCUT2D eigenvalue weighted by molar-refractivity contribution is -0.126. The van der Waals surface area contributed by atoms with Crippen LogP contribution in [0.3, 0.4) is 0 Å². The molecule has 0 aromatic carbocycles. The van der Waals surface area contributed by atoms with Gasteiger partial charge in [-0.3, -0.25) is 9.78 Å². The molecule has 20 heavy (non-hydrogen) atoms. The van der Waals surface area contributed by atoms with E-state index in [4.69, 9.17) is 9.84 Å². The number of amides is 1. The van der Waals surface area contributed by atoms with Crippen molar-refractivity contribution in [2.45, 2.75) is 32.4 Å². The van der Waals surface area contributed by atoms with Gasteiger partial charge in [0.15, 0.2) is 0 Å². The fourth-order valence-electron chi connectivity index (χ4n) is 2.37. The largest absolute Gasteiger partial charge is 0.478 e. The molecule has 1 aliphatic heterocycles. The Hall–Kier alpha value is -1.95. The molecule has 2 heterocycles. The number of hydrogen-bond acceptors (Lipinski definition) is 4. The molecule has 1 aliphatic rings. The SMILES string of the molecule is CCC1OCCC1C(=O)NCc1cc(C(=O)O)ccn1. The van der Waals surface area contributed by atoms with Gasteiger partial charge < -0.3 is 15.2 Å². The summed E-state index contributed by atoms with van der Waals surface area (Å²) in [5, 5.41) is 11.7. The van der Waals surface area contributed by atoms with Crippen LogP contribution in [-0.2, 0) is 16.1 Å². The summed E-state index contributed by atoms with van der Waals surface area (Å²) in [7, 11) is 0. The summed E-state index contributed by atoms with van der Waals surface area (Å²) in [6.45, 7) is 2.84. The van der Waals surface area contributed by atoms with E-state index in [1.807, 2.05) is 6.92 Å². The zero-order chi connectivity index (χ0) is 14.5. The molecule has 2 atom stereocenters. The maximum absolute atomic E-state index is 12.1. The van der Waals surface area contributed by atoms with Crippen molar-refractivity contribution in [2.75, 3.05) is 6.61 Å². The van der Waals surface area contributed by atoms with Crippen molar-refractivity contribution in [1.29, 1.82) is 0 Å². The molecule has 1 amide bonds. The highest BCUT2D eigenvalue weighted by molar-refractivity contribution is 5.87. The van der Waals surface area contributed by atoms with E-state index in [0.717, 1.165) is 12.8 Å². The Morgan fingerprint density at radius 2 is 2.35 bits per heavy atom. The van der Waals surface area contributed by atoms with Crippen molar-refractivity contribution < 1.29 is 19.4 Å². The Kier molecular flexibility index (Phi) is 4.68. The Bertz CT molecular complexity index is 504. The number of aromatic nitrogens is 1. The van der Waals surface area contributed by atoms with Crippen molar-refractivity contribution in [3.8, 4) is 0 Å². The molecule has 0 spiro atoms. The molecule has 6 heteroatoms. The molecule has 2 unspecified atom stereocenters. The van der Waals surface area contributed by atoms with E-state index in [2.05, 4.69) is 10.3 Å². The second-order valence-electron chi connectivity index (χ2n) is 4.77. The number of carbonyl (C=O) groups excluding carboxylic acids is 1. The summed E-state index contributed by atoms with van der Waals surface area (Å²) >= 11 is 0. The molecular formula is C14H18N2O4. The highest BCUT2D eigenvalue weighted by Gasteiger charge is 2.32. The number of ether oxygens (including phenoxy) is 1. The quantitative estimate of drug-likeness (QED) is 0.845. The Morgan fingerprint density at radius 3 is 3.05 bits per heavy atom. The van der Waals surface area contributed by atoms with Crippen LogP contribution in [0, 0.1) is 5.92 Å². The third-order valence-corrected chi connectivity index (χ3v) is 3.46. The number of rotatable bonds is 5. The molecule has 0 aliphatic carbocycles. The molecule has 0 bridgehead atoms. The summed E-state index contributed by atoms with van der Waals surface area (Å²) in [5.74, 6) is -1.19. The first-order valence-corrected chi connectivity index (χ1v) is 6.69. The molecule has 0 saturated carbocycles. The van der Waals surface area contributed by atoms with Crippen LogP contribution in [0.15, 0.2) is 18.3 Å². The molecule has 108 valence electrons. The maximum atomic E-state index is 12.1. The minimum atomic E-state index is -1.00. The molecule has 1 aromatic heterocycles. The Balaban J connectivity index is 1.93. The number of carboxylic acid groups (broad SMARTS) is 1. The number of carbonyl (C=O) groups is 2. The van der Waals surface area contributed by atoms with Gasteiger partial charge in [-0.05, 0) is 25.0 Å². The van der Waals surface area contributed by atoms with E-state index in [1.54, 1.807) is 0 Å². The topological polar surface area (TPSA) is 88.5 Å². The minimum Gasteiger partial charge on any atom is -0.478 e. The minimum absolute atomic E-state index is 0.0201. The lowest BCUT2D eigenvalue weighted by Crippen LogP contribution is -2.34. The highest BCUT2D eigenvalue weighted by atomic mass is 16.5. The van der Waals surface area contributed by atoms with Gasteiger partial charge in [-0.2, -0.15) is 0 Å². The van der Waals surface area contributed by atoms with Crippen LogP contribution in [-0.4, -0.2) is 34.7 Å². The summed E-state index contributed by atoms with van der Waals surface area (Å²) in [4.78, 5) is 27.0. The molecule has 6 nitrogen and oxygen atoms in total. The second-order valence-corrected chi connectivity index (χ2v) is 4.77. The van der Waals surface area contributed by atoms with Crippen LogP contribution < -0.4 is 5.32 Å². The zero-order valence-electron chi connectivity index (χ0n) is 11.3. The summed E-state index contributed by atoms with van der Waals surface area (Å²) in [5.41, 5.74) is 0.699. The summed E-state index contributed by atoms with van der Waals surface area (Å²) < 4.78 is 5.48. The molecule has 2 rings (SSSR count).